The van der Waals surface area contributed by atoms with Crippen molar-refractivity contribution in [1.82, 2.24) is 14.8 Å². The second-order valence-electron chi connectivity index (χ2n) is 6.59. The number of carbonyl (C=O) groups excluding carboxylic acids is 1. The lowest BCUT2D eigenvalue weighted by Gasteiger charge is -2.12. The van der Waals surface area contributed by atoms with Crippen LogP contribution < -0.4 is 0 Å². The number of aromatic hydroxyl groups is 1. The van der Waals surface area contributed by atoms with Gasteiger partial charge in [0.1, 0.15) is 11.5 Å². The zero-order valence-corrected chi connectivity index (χ0v) is 16.2. The van der Waals surface area contributed by atoms with Gasteiger partial charge in [0.05, 0.1) is 17.9 Å². The Labute approximate surface area is 167 Å². The molecule has 28 heavy (non-hydrogen) atoms. The minimum absolute atomic E-state index is 0.0781. The number of rotatable bonds is 6. The number of thioether (sulfide) groups is 1. The fraction of sp³-hybridized carbons (Fsp3) is 0.136. The second kappa shape index (κ2) is 7.86. The van der Waals surface area contributed by atoms with Gasteiger partial charge >= 0.3 is 0 Å². The number of nitrogens with zero attached hydrogens (tertiary/aromatic N) is 3. The molecule has 0 amide bonds. The molecule has 0 fully saturated rings. The van der Waals surface area contributed by atoms with E-state index in [2.05, 4.69) is 10.2 Å². The summed E-state index contributed by atoms with van der Waals surface area (Å²) in [4.78, 5) is 11.4. The number of hydrogen-bond acceptors (Lipinski definition) is 5. The fourth-order valence-electron chi connectivity index (χ4n) is 3.08. The minimum Gasteiger partial charge on any atom is -0.507 e. The van der Waals surface area contributed by atoms with E-state index in [-0.39, 0.29) is 11.5 Å². The van der Waals surface area contributed by atoms with Crippen LogP contribution in [-0.2, 0) is 11.3 Å². The van der Waals surface area contributed by atoms with Crippen LogP contribution in [-0.4, -0.2) is 31.4 Å². The molecule has 0 saturated heterocycles. The number of ketones is 1. The normalized spacial score (nSPS) is 11.0. The zero-order valence-electron chi connectivity index (χ0n) is 15.4. The van der Waals surface area contributed by atoms with Crippen molar-refractivity contribution >= 4 is 28.3 Å². The topological polar surface area (TPSA) is 68.0 Å². The van der Waals surface area contributed by atoms with Gasteiger partial charge in [0.15, 0.2) is 11.0 Å². The number of phenols is 1. The van der Waals surface area contributed by atoms with Crippen molar-refractivity contribution in [3.63, 3.8) is 0 Å². The highest BCUT2D eigenvalue weighted by molar-refractivity contribution is 7.99. The van der Waals surface area contributed by atoms with Gasteiger partial charge in [0.2, 0.25) is 0 Å². The number of Topliss-reactive ketones (excluding diaryl/α,β-unsaturated/α-hetero) is 1. The third-order valence-electron chi connectivity index (χ3n) is 4.41. The summed E-state index contributed by atoms with van der Waals surface area (Å²) in [7, 11) is 0. The maximum atomic E-state index is 11.4. The number of fused-ring (bicyclic) bond motifs is 1. The number of phenolic OH excluding ortho intramolecular Hbond substituents is 1. The molecule has 0 atom stereocenters. The first kappa shape index (κ1) is 18.3. The van der Waals surface area contributed by atoms with E-state index in [1.165, 1.54) is 11.8 Å². The Morgan fingerprint density at radius 1 is 1.00 bits per heavy atom. The lowest BCUT2D eigenvalue weighted by atomic mass is 10.1. The molecule has 3 aromatic carbocycles. The number of hydrogen-bond donors (Lipinski definition) is 1. The molecule has 1 aromatic heterocycles. The maximum absolute atomic E-state index is 11.4. The van der Waals surface area contributed by atoms with Crippen LogP contribution in [0, 0.1) is 0 Å². The van der Waals surface area contributed by atoms with E-state index in [1.807, 2.05) is 65.2 Å². The zero-order chi connectivity index (χ0) is 19.5. The third-order valence-corrected chi connectivity index (χ3v) is 5.52. The quantitative estimate of drug-likeness (QED) is 0.491. The van der Waals surface area contributed by atoms with E-state index >= 15 is 0 Å². The first-order chi connectivity index (χ1) is 13.6. The molecule has 0 radical (unpaired) electrons. The molecule has 4 rings (SSSR count). The van der Waals surface area contributed by atoms with Gasteiger partial charge in [-0.2, -0.15) is 0 Å². The highest BCUT2D eigenvalue weighted by Gasteiger charge is 2.18. The monoisotopic (exact) mass is 389 g/mol. The van der Waals surface area contributed by atoms with Crippen molar-refractivity contribution < 1.29 is 9.90 Å². The van der Waals surface area contributed by atoms with Crippen LogP contribution in [0.5, 0.6) is 5.75 Å². The molecular weight excluding hydrogens is 370 g/mol. The second-order valence-corrected chi connectivity index (χ2v) is 7.53. The predicted molar refractivity (Wildman–Crippen MR) is 112 cm³/mol. The molecule has 4 aromatic rings. The van der Waals surface area contributed by atoms with Crippen molar-refractivity contribution in [2.24, 2.45) is 0 Å². The highest BCUT2D eigenvalue weighted by atomic mass is 32.2. The lowest BCUT2D eigenvalue weighted by Crippen LogP contribution is -2.05. The molecule has 0 aliphatic carbocycles. The summed E-state index contributed by atoms with van der Waals surface area (Å²) in [6.07, 6.45) is 0. The molecule has 5 nitrogen and oxygen atoms in total. The summed E-state index contributed by atoms with van der Waals surface area (Å²) >= 11 is 1.36. The van der Waals surface area contributed by atoms with Crippen molar-refractivity contribution in [2.75, 3.05) is 5.75 Å². The Kier molecular flexibility index (Phi) is 5.12. The van der Waals surface area contributed by atoms with Crippen molar-refractivity contribution in [3.8, 4) is 17.1 Å². The van der Waals surface area contributed by atoms with E-state index in [4.69, 9.17) is 0 Å². The van der Waals surface area contributed by atoms with Gasteiger partial charge in [-0.05, 0) is 35.4 Å². The van der Waals surface area contributed by atoms with Gasteiger partial charge < -0.3 is 5.11 Å². The van der Waals surface area contributed by atoms with E-state index in [0.717, 1.165) is 16.3 Å². The van der Waals surface area contributed by atoms with Crippen molar-refractivity contribution in [3.05, 3.63) is 72.3 Å². The molecule has 1 N–H and O–H groups in total. The number of carbonyl (C=O) groups is 1. The molecule has 0 spiro atoms. The van der Waals surface area contributed by atoms with Crippen LogP contribution in [0.2, 0.25) is 0 Å². The van der Waals surface area contributed by atoms with Crippen molar-refractivity contribution in [1.29, 1.82) is 0 Å². The molecule has 0 aliphatic heterocycles. The third kappa shape index (κ3) is 3.77. The van der Waals surface area contributed by atoms with Gasteiger partial charge in [-0.3, -0.25) is 9.36 Å². The van der Waals surface area contributed by atoms with Crippen LogP contribution in [0.3, 0.4) is 0 Å². The van der Waals surface area contributed by atoms with E-state index in [9.17, 15) is 9.90 Å². The first-order valence-electron chi connectivity index (χ1n) is 8.93. The molecule has 1 heterocycles. The Bertz CT molecular complexity index is 1140. The summed E-state index contributed by atoms with van der Waals surface area (Å²) in [5, 5.41) is 21.9. The van der Waals surface area contributed by atoms with E-state index < -0.39 is 0 Å². The van der Waals surface area contributed by atoms with Crippen LogP contribution in [0.1, 0.15) is 12.5 Å². The van der Waals surface area contributed by atoms with Gasteiger partial charge in [-0.1, -0.05) is 66.4 Å². The molecule has 0 bridgehead atoms. The summed E-state index contributed by atoms with van der Waals surface area (Å²) in [6.45, 7) is 2.11. The van der Waals surface area contributed by atoms with E-state index in [1.54, 1.807) is 13.0 Å². The molecule has 140 valence electrons. The number of aromatic nitrogens is 3. The van der Waals surface area contributed by atoms with Crippen LogP contribution >= 0.6 is 11.8 Å². The molecule has 0 saturated carbocycles. The summed E-state index contributed by atoms with van der Waals surface area (Å²) < 4.78 is 1.95. The van der Waals surface area contributed by atoms with Crippen LogP contribution in [0.15, 0.2) is 71.9 Å². The summed E-state index contributed by atoms with van der Waals surface area (Å²) in [6, 6.07) is 21.5. The van der Waals surface area contributed by atoms with Gasteiger partial charge in [-0.25, -0.2) is 0 Å². The number of benzene rings is 3. The molecule has 6 heteroatoms. The average Bonchev–Trinajstić information content (AvgIpc) is 3.09. The smallest absolute Gasteiger partial charge is 0.192 e. The maximum Gasteiger partial charge on any atom is 0.192 e. The lowest BCUT2D eigenvalue weighted by molar-refractivity contribution is -0.114. The molecule has 0 unspecified atom stereocenters. The Morgan fingerprint density at radius 2 is 1.68 bits per heavy atom. The first-order valence-corrected chi connectivity index (χ1v) is 9.92. The molecule has 0 aliphatic rings. The van der Waals surface area contributed by atoms with Crippen molar-refractivity contribution in [2.45, 2.75) is 18.6 Å². The molecular formula is C22H19N3O2S. The van der Waals surface area contributed by atoms with Gasteiger partial charge in [-0.15, -0.1) is 10.2 Å². The average molecular weight is 389 g/mol. The van der Waals surface area contributed by atoms with Gasteiger partial charge in [0, 0.05) is 0 Å². The Morgan fingerprint density at radius 3 is 2.39 bits per heavy atom. The van der Waals surface area contributed by atoms with Crippen LogP contribution in [0.25, 0.3) is 22.2 Å². The summed E-state index contributed by atoms with van der Waals surface area (Å²) in [5.41, 5.74) is 1.71. The summed E-state index contributed by atoms with van der Waals surface area (Å²) in [5.74, 6) is 1.15. The Balaban J connectivity index is 1.82. The largest absolute Gasteiger partial charge is 0.507 e. The fourth-order valence-corrected chi connectivity index (χ4v) is 3.81. The Hall–Kier alpha value is -3.12. The standard InChI is InChI=1S/C22H19N3O2S/c1-15(26)14-28-22-24-23-21(25(22)13-16-7-3-2-4-8-16)19-11-17-9-5-6-10-18(17)12-20(19)27/h2-12,27H,13-14H2,1H3. The van der Waals surface area contributed by atoms with Crippen LogP contribution in [0.4, 0.5) is 0 Å². The highest BCUT2D eigenvalue weighted by Crippen LogP contribution is 2.34. The minimum atomic E-state index is 0.0781. The van der Waals surface area contributed by atoms with E-state index in [0.29, 0.717) is 28.8 Å². The van der Waals surface area contributed by atoms with Gasteiger partial charge in [0.25, 0.3) is 0 Å². The SMILES string of the molecule is CC(=O)CSc1nnc(-c2cc3ccccc3cc2O)n1Cc1ccccc1. The predicted octanol–water partition coefficient (Wildman–Crippen LogP) is 4.53.